The first-order valence-corrected chi connectivity index (χ1v) is 12.5. The van der Waals surface area contributed by atoms with Crippen LogP contribution in [0.1, 0.15) is 38.3 Å². The van der Waals surface area contributed by atoms with Crippen LogP contribution in [-0.4, -0.2) is 19.2 Å². The van der Waals surface area contributed by atoms with Gasteiger partial charge in [-0.3, -0.25) is 13.8 Å². The molecule has 0 aliphatic heterocycles. The molecule has 5 rings (SSSR count). The lowest BCUT2D eigenvalue weighted by atomic mass is 10.1. The molecule has 0 N–H and O–H groups in total. The Morgan fingerprint density at radius 1 is 1.03 bits per heavy atom. The van der Waals surface area contributed by atoms with Gasteiger partial charge in [-0.05, 0) is 48.1 Å². The molecular formula is C26H26N4O3S. The molecule has 0 atom stereocenters. The van der Waals surface area contributed by atoms with E-state index in [0.29, 0.717) is 40.1 Å². The monoisotopic (exact) mass is 474 g/mol. The van der Waals surface area contributed by atoms with E-state index in [9.17, 15) is 9.59 Å². The van der Waals surface area contributed by atoms with Crippen LogP contribution in [0.5, 0.6) is 0 Å². The highest BCUT2D eigenvalue weighted by Crippen LogP contribution is 2.28. The maximum atomic E-state index is 13.2. The summed E-state index contributed by atoms with van der Waals surface area (Å²) in [6, 6.07) is 15.1. The molecule has 7 nitrogen and oxygen atoms in total. The SMILES string of the molecule is CCc1ccc2c(CSc3nnc4n(CCC(C)C)c(=O)c5ccccc5n34)cc(=O)oc2c1. The molecule has 3 aromatic heterocycles. The van der Waals surface area contributed by atoms with E-state index in [1.54, 1.807) is 10.6 Å². The molecule has 8 heteroatoms. The van der Waals surface area contributed by atoms with Gasteiger partial charge in [0.05, 0.1) is 10.9 Å². The number of aryl methyl sites for hydroxylation is 2. The van der Waals surface area contributed by atoms with Gasteiger partial charge in [0.2, 0.25) is 5.78 Å². The minimum Gasteiger partial charge on any atom is -0.423 e. The van der Waals surface area contributed by atoms with Crippen molar-refractivity contribution in [2.45, 2.75) is 51.1 Å². The summed E-state index contributed by atoms with van der Waals surface area (Å²) in [6.45, 7) is 6.93. The Labute approximate surface area is 200 Å². The van der Waals surface area contributed by atoms with Crippen molar-refractivity contribution >= 4 is 39.4 Å². The zero-order valence-electron chi connectivity index (χ0n) is 19.4. The van der Waals surface area contributed by atoms with Crippen LogP contribution in [0.4, 0.5) is 0 Å². The summed E-state index contributed by atoms with van der Waals surface area (Å²) >= 11 is 1.49. The van der Waals surface area contributed by atoms with Gasteiger partial charge in [0, 0.05) is 23.8 Å². The summed E-state index contributed by atoms with van der Waals surface area (Å²) < 4.78 is 9.12. The smallest absolute Gasteiger partial charge is 0.336 e. The van der Waals surface area contributed by atoms with Crippen LogP contribution in [0.25, 0.3) is 27.6 Å². The number of benzene rings is 2. The van der Waals surface area contributed by atoms with Gasteiger partial charge in [-0.25, -0.2) is 4.79 Å². The van der Waals surface area contributed by atoms with Crippen molar-refractivity contribution in [1.82, 2.24) is 19.2 Å². The second kappa shape index (κ2) is 9.10. The first-order chi connectivity index (χ1) is 16.5. The average Bonchev–Trinajstić information content (AvgIpc) is 3.25. The van der Waals surface area contributed by atoms with Gasteiger partial charge in [0.1, 0.15) is 5.58 Å². The molecule has 0 aliphatic carbocycles. The fourth-order valence-corrected chi connectivity index (χ4v) is 5.10. The lowest BCUT2D eigenvalue weighted by Gasteiger charge is -2.12. The Kier molecular flexibility index (Phi) is 6.00. The van der Waals surface area contributed by atoms with Crippen LogP contribution in [0, 0.1) is 5.92 Å². The van der Waals surface area contributed by atoms with E-state index in [2.05, 4.69) is 37.0 Å². The van der Waals surface area contributed by atoms with Gasteiger partial charge in [-0.1, -0.05) is 56.8 Å². The summed E-state index contributed by atoms with van der Waals surface area (Å²) in [5.74, 6) is 1.52. The zero-order chi connectivity index (χ0) is 23.8. The molecule has 34 heavy (non-hydrogen) atoms. The van der Waals surface area contributed by atoms with Crippen molar-refractivity contribution in [3.05, 3.63) is 80.4 Å². The lowest BCUT2D eigenvalue weighted by Crippen LogP contribution is -2.24. The molecule has 0 radical (unpaired) electrons. The normalized spacial score (nSPS) is 11.9. The largest absolute Gasteiger partial charge is 0.423 e. The van der Waals surface area contributed by atoms with Crippen molar-refractivity contribution in [3.8, 4) is 0 Å². The quantitative estimate of drug-likeness (QED) is 0.242. The highest BCUT2D eigenvalue weighted by Gasteiger charge is 2.17. The van der Waals surface area contributed by atoms with E-state index in [1.807, 2.05) is 40.8 Å². The standard InChI is InChI=1S/C26H26N4O3S/c1-4-17-9-10-19-18(14-23(31)33-22(19)13-17)15-34-26-28-27-25-29(12-11-16(2)3)24(32)20-7-5-6-8-21(20)30(25)26/h5-10,13-14,16H,4,11-12,15H2,1-3H3. The Morgan fingerprint density at radius 2 is 1.85 bits per heavy atom. The molecular weight excluding hydrogens is 448 g/mol. The third-order valence-electron chi connectivity index (χ3n) is 6.07. The van der Waals surface area contributed by atoms with Gasteiger partial charge in [0.15, 0.2) is 5.16 Å². The van der Waals surface area contributed by atoms with E-state index in [-0.39, 0.29) is 11.2 Å². The molecule has 0 bridgehead atoms. The lowest BCUT2D eigenvalue weighted by molar-refractivity contribution is 0.512. The maximum absolute atomic E-state index is 13.2. The molecule has 0 unspecified atom stereocenters. The Morgan fingerprint density at radius 3 is 2.65 bits per heavy atom. The number of nitrogens with zero attached hydrogens (tertiary/aromatic N) is 4. The number of rotatable bonds is 7. The van der Waals surface area contributed by atoms with Crippen molar-refractivity contribution < 1.29 is 4.42 Å². The van der Waals surface area contributed by atoms with Crippen LogP contribution in [0.2, 0.25) is 0 Å². The van der Waals surface area contributed by atoms with Crippen molar-refractivity contribution in [3.63, 3.8) is 0 Å². The maximum Gasteiger partial charge on any atom is 0.336 e. The summed E-state index contributed by atoms with van der Waals surface area (Å²) in [4.78, 5) is 25.4. The molecule has 2 aromatic carbocycles. The van der Waals surface area contributed by atoms with Crippen molar-refractivity contribution in [1.29, 1.82) is 0 Å². The average molecular weight is 475 g/mol. The number of thioether (sulfide) groups is 1. The molecule has 5 aromatic rings. The van der Waals surface area contributed by atoms with E-state index >= 15 is 0 Å². The van der Waals surface area contributed by atoms with Crippen LogP contribution in [0.3, 0.4) is 0 Å². The number of hydrogen-bond donors (Lipinski definition) is 0. The fraction of sp³-hybridized carbons (Fsp3) is 0.308. The van der Waals surface area contributed by atoms with E-state index in [1.165, 1.54) is 11.8 Å². The zero-order valence-corrected chi connectivity index (χ0v) is 20.3. The van der Waals surface area contributed by atoms with Crippen LogP contribution in [0.15, 0.2) is 67.7 Å². The molecule has 0 fully saturated rings. The van der Waals surface area contributed by atoms with E-state index in [0.717, 1.165) is 34.9 Å². The van der Waals surface area contributed by atoms with Crippen molar-refractivity contribution in [2.24, 2.45) is 5.92 Å². The summed E-state index contributed by atoms with van der Waals surface area (Å²) in [5.41, 5.74) is 2.96. The first-order valence-electron chi connectivity index (χ1n) is 11.5. The second-order valence-corrected chi connectivity index (χ2v) is 9.78. The van der Waals surface area contributed by atoms with E-state index in [4.69, 9.17) is 4.42 Å². The molecule has 3 heterocycles. The molecule has 174 valence electrons. The minimum atomic E-state index is -0.365. The predicted molar refractivity (Wildman–Crippen MR) is 136 cm³/mol. The van der Waals surface area contributed by atoms with Crippen LogP contribution >= 0.6 is 11.8 Å². The number of para-hydroxylation sites is 1. The fourth-order valence-electron chi connectivity index (χ4n) is 4.17. The predicted octanol–water partition coefficient (Wildman–Crippen LogP) is 5.05. The molecule has 0 saturated heterocycles. The third-order valence-corrected chi connectivity index (χ3v) is 7.05. The van der Waals surface area contributed by atoms with Gasteiger partial charge >= 0.3 is 5.63 Å². The minimum absolute atomic E-state index is 0.0499. The first kappa shape index (κ1) is 22.4. The number of fused-ring (bicyclic) bond motifs is 4. The topological polar surface area (TPSA) is 82.4 Å². The van der Waals surface area contributed by atoms with Gasteiger partial charge in [-0.2, -0.15) is 0 Å². The summed E-state index contributed by atoms with van der Waals surface area (Å²) in [6.07, 6.45) is 1.74. The summed E-state index contributed by atoms with van der Waals surface area (Å²) in [7, 11) is 0. The summed E-state index contributed by atoms with van der Waals surface area (Å²) in [5, 5.41) is 11.1. The molecule has 0 amide bonds. The highest BCUT2D eigenvalue weighted by molar-refractivity contribution is 7.98. The second-order valence-electron chi connectivity index (χ2n) is 8.84. The van der Waals surface area contributed by atoms with Crippen LogP contribution in [-0.2, 0) is 18.7 Å². The van der Waals surface area contributed by atoms with Crippen LogP contribution < -0.4 is 11.2 Å². The van der Waals surface area contributed by atoms with Gasteiger partial charge < -0.3 is 4.42 Å². The van der Waals surface area contributed by atoms with Crippen molar-refractivity contribution in [2.75, 3.05) is 0 Å². The Balaban J connectivity index is 1.59. The Bertz CT molecular complexity index is 1630. The molecule has 0 spiro atoms. The highest BCUT2D eigenvalue weighted by atomic mass is 32.2. The molecule has 0 saturated carbocycles. The Hall–Kier alpha value is -3.39. The third kappa shape index (κ3) is 4.03. The number of aromatic nitrogens is 4. The van der Waals surface area contributed by atoms with Gasteiger partial charge in [0.25, 0.3) is 5.56 Å². The van der Waals surface area contributed by atoms with E-state index < -0.39 is 0 Å². The molecule has 0 aliphatic rings. The number of hydrogen-bond acceptors (Lipinski definition) is 6. The van der Waals surface area contributed by atoms with Gasteiger partial charge in [-0.15, -0.1) is 10.2 Å².